The number of hydrogen-bond acceptors (Lipinski definition) is 5. The van der Waals surface area contributed by atoms with E-state index in [0.717, 1.165) is 17.8 Å². The van der Waals surface area contributed by atoms with Crippen molar-refractivity contribution < 1.29 is 0 Å². The molecule has 2 aromatic carbocycles. The Bertz CT molecular complexity index is 1480. The highest BCUT2D eigenvalue weighted by Crippen LogP contribution is 2.24. The predicted molar refractivity (Wildman–Crippen MR) is 130 cm³/mol. The predicted octanol–water partition coefficient (Wildman–Crippen LogP) is 5.06. The van der Waals surface area contributed by atoms with Crippen molar-refractivity contribution in [2.75, 3.05) is 5.32 Å². The van der Waals surface area contributed by atoms with Gasteiger partial charge in [-0.2, -0.15) is 0 Å². The number of nitrogens with one attached hydrogen (secondary N) is 2. The molecule has 33 heavy (non-hydrogen) atoms. The van der Waals surface area contributed by atoms with Crippen molar-refractivity contribution in [3.63, 3.8) is 0 Å². The highest BCUT2D eigenvalue weighted by atomic mass is 35.5. The second-order valence-corrected chi connectivity index (χ2v) is 8.24. The van der Waals surface area contributed by atoms with Crippen molar-refractivity contribution >= 4 is 28.5 Å². The van der Waals surface area contributed by atoms with Crippen LogP contribution in [0.25, 0.3) is 22.3 Å². The van der Waals surface area contributed by atoms with Gasteiger partial charge in [0.05, 0.1) is 35.3 Å². The Hall–Kier alpha value is -3.97. The van der Waals surface area contributed by atoms with Gasteiger partial charge >= 0.3 is 0 Å². The zero-order valence-electron chi connectivity index (χ0n) is 17.9. The number of hydrogen-bond donors (Lipinski definition) is 2. The van der Waals surface area contributed by atoms with Gasteiger partial charge in [0.15, 0.2) is 0 Å². The lowest BCUT2D eigenvalue weighted by Gasteiger charge is -2.15. The fraction of sp³-hybridized carbons (Fsp3) is 0.120. The van der Waals surface area contributed by atoms with Gasteiger partial charge in [0.2, 0.25) is 0 Å². The van der Waals surface area contributed by atoms with Crippen molar-refractivity contribution in [3.05, 3.63) is 106 Å². The lowest BCUT2D eigenvalue weighted by molar-refractivity contribution is 0.803. The zero-order chi connectivity index (χ0) is 22.8. The molecule has 0 amide bonds. The molecular weight excluding hydrogens is 436 g/mol. The van der Waals surface area contributed by atoms with Crippen LogP contribution in [0, 0.1) is 0 Å². The van der Waals surface area contributed by atoms with Crippen LogP contribution in [0.1, 0.15) is 24.2 Å². The molecule has 0 bridgehead atoms. The van der Waals surface area contributed by atoms with Crippen LogP contribution in [-0.2, 0) is 6.54 Å². The van der Waals surface area contributed by atoms with Gasteiger partial charge in [0.1, 0.15) is 11.5 Å². The van der Waals surface area contributed by atoms with Gasteiger partial charge in [-0.3, -0.25) is 4.79 Å². The quantitative estimate of drug-likeness (QED) is 0.373. The number of pyridine rings is 1. The van der Waals surface area contributed by atoms with E-state index < -0.39 is 0 Å². The normalized spacial score (nSPS) is 12.1. The Labute approximate surface area is 195 Å². The molecule has 164 valence electrons. The summed E-state index contributed by atoms with van der Waals surface area (Å²) < 4.78 is 2.09. The molecule has 5 aromatic rings. The molecule has 0 aliphatic heterocycles. The van der Waals surface area contributed by atoms with Gasteiger partial charge in [0.25, 0.3) is 5.56 Å². The average Bonchev–Trinajstić information content (AvgIpc) is 3.28. The minimum atomic E-state index is -0.367. The van der Waals surface area contributed by atoms with Crippen LogP contribution >= 0.6 is 11.6 Å². The first kappa shape index (κ1) is 20.9. The minimum Gasteiger partial charge on any atom is -0.362 e. The van der Waals surface area contributed by atoms with E-state index in [4.69, 9.17) is 11.6 Å². The number of rotatable bonds is 6. The summed E-state index contributed by atoms with van der Waals surface area (Å²) in [5.74, 6) is 0.639. The van der Waals surface area contributed by atoms with E-state index in [0.29, 0.717) is 27.6 Å². The molecule has 0 spiro atoms. The molecule has 8 heteroatoms. The van der Waals surface area contributed by atoms with Crippen LogP contribution in [-0.4, -0.2) is 24.5 Å². The largest absolute Gasteiger partial charge is 0.362 e. The Morgan fingerprint density at radius 1 is 1.12 bits per heavy atom. The first-order valence-electron chi connectivity index (χ1n) is 10.5. The van der Waals surface area contributed by atoms with Crippen LogP contribution in [0.3, 0.4) is 0 Å². The van der Waals surface area contributed by atoms with Crippen molar-refractivity contribution in [1.29, 1.82) is 0 Å². The second-order valence-electron chi connectivity index (χ2n) is 7.80. The smallest absolute Gasteiger partial charge is 0.272 e. The number of imidazole rings is 1. The van der Waals surface area contributed by atoms with Gasteiger partial charge in [-0.05, 0) is 42.8 Å². The maximum Gasteiger partial charge on any atom is 0.272 e. The van der Waals surface area contributed by atoms with E-state index in [9.17, 15) is 4.79 Å². The van der Waals surface area contributed by atoms with E-state index in [1.165, 1.54) is 5.56 Å². The van der Waals surface area contributed by atoms with Gasteiger partial charge in [-0.15, -0.1) is 0 Å². The molecule has 7 nitrogen and oxygen atoms in total. The molecule has 0 saturated carbocycles. The summed E-state index contributed by atoms with van der Waals surface area (Å²) in [6, 6.07) is 19.0. The zero-order valence-corrected chi connectivity index (χ0v) is 18.6. The van der Waals surface area contributed by atoms with Crippen LogP contribution in [0.15, 0.2) is 84.2 Å². The third kappa shape index (κ3) is 4.49. The Balaban J connectivity index is 1.41. The second kappa shape index (κ2) is 8.88. The summed E-state index contributed by atoms with van der Waals surface area (Å²) in [6.07, 6.45) is 5.40. The highest BCUT2D eigenvalue weighted by Gasteiger charge is 2.15. The van der Waals surface area contributed by atoms with Gasteiger partial charge in [-0.25, -0.2) is 15.0 Å². The lowest BCUT2D eigenvalue weighted by Crippen LogP contribution is -2.22. The number of halogens is 1. The third-order valence-corrected chi connectivity index (χ3v) is 5.65. The van der Waals surface area contributed by atoms with Crippen molar-refractivity contribution in [1.82, 2.24) is 24.5 Å². The molecule has 1 atom stereocenters. The molecule has 0 aliphatic rings. The number of H-pyrrole nitrogens is 1. The maximum absolute atomic E-state index is 12.6. The first-order valence-corrected chi connectivity index (χ1v) is 10.9. The summed E-state index contributed by atoms with van der Waals surface area (Å²) in [7, 11) is 0. The van der Waals surface area contributed by atoms with E-state index >= 15 is 0 Å². The average molecular weight is 457 g/mol. The first-order chi connectivity index (χ1) is 16.1. The van der Waals surface area contributed by atoms with Gasteiger partial charge in [0, 0.05) is 23.3 Å². The molecule has 0 aliphatic carbocycles. The molecular formula is C25H21ClN6O. The number of aromatic amines is 1. The molecule has 3 heterocycles. The van der Waals surface area contributed by atoms with Crippen LogP contribution in [0.2, 0.25) is 5.02 Å². The van der Waals surface area contributed by atoms with Crippen LogP contribution in [0.5, 0.6) is 0 Å². The Kier molecular flexibility index (Phi) is 5.62. The number of anilines is 1. The van der Waals surface area contributed by atoms with Crippen molar-refractivity contribution in [2.45, 2.75) is 19.5 Å². The molecule has 0 fully saturated rings. The summed E-state index contributed by atoms with van der Waals surface area (Å²) in [5.41, 5.74) is 4.55. The SMILES string of the molecule is C[C@H](Nc1cc(-c2cncn2Cc2ccccc2)ccn1)c1nc2cc(Cl)ccc2[nH]c1=O. The van der Waals surface area contributed by atoms with E-state index in [1.807, 2.05) is 49.8 Å². The summed E-state index contributed by atoms with van der Waals surface area (Å²) in [6.45, 7) is 2.60. The van der Waals surface area contributed by atoms with E-state index in [1.54, 1.807) is 24.4 Å². The van der Waals surface area contributed by atoms with E-state index in [-0.39, 0.29) is 11.6 Å². The van der Waals surface area contributed by atoms with Crippen LogP contribution in [0.4, 0.5) is 5.82 Å². The fourth-order valence-corrected chi connectivity index (χ4v) is 3.96. The molecule has 5 rings (SSSR count). The standard InChI is InChI=1S/C25H21ClN6O/c1-16(24-25(33)31-20-8-7-19(26)12-21(20)30-24)29-23-11-18(9-10-28-23)22-13-27-15-32(22)14-17-5-3-2-4-6-17/h2-13,15-16H,14H2,1H3,(H,28,29)(H,31,33)/t16-/m0/s1. The topological polar surface area (TPSA) is 88.5 Å². The third-order valence-electron chi connectivity index (χ3n) is 5.42. The summed E-state index contributed by atoms with van der Waals surface area (Å²) in [5, 5.41) is 3.86. The highest BCUT2D eigenvalue weighted by molar-refractivity contribution is 6.31. The number of nitrogens with zero attached hydrogens (tertiary/aromatic N) is 4. The molecule has 3 aromatic heterocycles. The molecule has 0 saturated heterocycles. The Morgan fingerprint density at radius 2 is 1.97 bits per heavy atom. The minimum absolute atomic E-state index is 0.248. The summed E-state index contributed by atoms with van der Waals surface area (Å²) in [4.78, 5) is 28.8. The molecule has 0 unspecified atom stereocenters. The van der Waals surface area contributed by atoms with Crippen molar-refractivity contribution in [2.24, 2.45) is 0 Å². The summed E-state index contributed by atoms with van der Waals surface area (Å²) >= 11 is 6.09. The Morgan fingerprint density at radius 3 is 2.82 bits per heavy atom. The molecule has 2 N–H and O–H groups in total. The lowest BCUT2D eigenvalue weighted by atomic mass is 10.1. The monoisotopic (exact) mass is 456 g/mol. The number of fused-ring (bicyclic) bond motifs is 1. The number of aromatic nitrogens is 5. The van der Waals surface area contributed by atoms with Crippen LogP contribution < -0.4 is 10.9 Å². The van der Waals surface area contributed by atoms with Gasteiger partial charge < -0.3 is 14.9 Å². The maximum atomic E-state index is 12.6. The van der Waals surface area contributed by atoms with E-state index in [2.05, 4.69) is 42.0 Å². The van der Waals surface area contributed by atoms with Gasteiger partial charge in [-0.1, -0.05) is 41.9 Å². The number of benzene rings is 2. The fourth-order valence-electron chi connectivity index (χ4n) is 3.79. The molecule has 0 radical (unpaired) electrons. The van der Waals surface area contributed by atoms with Crippen molar-refractivity contribution in [3.8, 4) is 11.3 Å².